The number of halogens is 2. The van der Waals surface area contributed by atoms with Gasteiger partial charge in [-0.25, -0.2) is 26.5 Å². The normalized spacial score (nSPS) is 11.4. The molecule has 0 aliphatic heterocycles. The first kappa shape index (κ1) is 21.9. The fourth-order valence-electron chi connectivity index (χ4n) is 2.68. The van der Waals surface area contributed by atoms with E-state index in [9.17, 15) is 17.2 Å². The highest BCUT2D eigenvalue weighted by Crippen LogP contribution is 2.32. The number of aliphatic hydroxyl groups excluding tert-OH is 1. The van der Waals surface area contributed by atoms with Crippen LogP contribution in [0, 0.1) is 11.6 Å². The van der Waals surface area contributed by atoms with Crippen LogP contribution < -0.4 is 13.8 Å². The van der Waals surface area contributed by atoms with Gasteiger partial charge >= 0.3 is 0 Å². The highest BCUT2D eigenvalue weighted by atomic mass is 32.2. The molecular formula is C18H17F2N3O5S2. The van der Waals surface area contributed by atoms with E-state index < -0.39 is 33.2 Å². The molecule has 12 heteroatoms. The number of anilines is 1. The number of ether oxygens (including phenoxy) is 2. The van der Waals surface area contributed by atoms with Crippen LogP contribution in [0.3, 0.4) is 0 Å². The number of aromatic nitrogens is 2. The largest absolute Gasteiger partial charge is 0.497 e. The van der Waals surface area contributed by atoms with Crippen molar-refractivity contribution in [2.75, 3.05) is 18.5 Å². The molecule has 0 unspecified atom stereocenters. The SMILES string of the molecule is COc1ccc(CN(c2ncns2)S(=O)(=O)c2cc(F)c(CO)cc2F)c(OC)c1. The predicted molar refractivity (Wildman–Crippen MR) is 105 cm³/mol. The van der Waals surface area contributed by atoms with Crippen molar-refractivity contribution in [2.24, 2.45) is 0 Å². The quantitative estimate of drug-likeness (QED) is 0.555. The van der Waals surface area contributed by atoms with Gasteiger partial charge in [-0.1, -0.05) is 0 Å². The van der Waals surface area contributed by atoms with Crippen LogP contribution in [0.15, 0.2) is 41.6 Å². The first-order valence-corrected chi connectivity index (χ1v) is 10.6. The molecule has 0 bridgehead atoms. The maximum Gasteiger partial charge on any atom is 0.269 e. The number of nitrogens with zero attached hydrogens (tertiary/aromatic N) is 3. The lowest BCUT2D eigenvalue weighted by Gasteiger charge is -2.23. The fourth-order valence-corrected chi connectivity index (χ4v) is 4.87. The van der Waals surface area contributed by atoms with E-state index in [1.807, 2.05) is 0 Å². The summed E-state index contributed by atoms with van der Waals surface area (Å²) in [5.74, 6) is -1.41. The Bertz CT molecular complexity index is 1140. The van der Waals surface area contributed by atoms with Crippen molar-refractivity contribution in [3.63, 3.8) is 0 Å². The van der Waals surface area contributed by atoms with Crippen molar-refractivity contribution in [3.8, 4) is 11.5 Å². The lowest BCUT2D eigenvalue weighted by molar-refractivity contribution is 0.274. The molecule has 30 heavy (non-hydrogen) atoms. The van der Waals surface area contributed by atoms with E-state index in [1.165, 1.54) is 14.2 Å². The molecule has 0 fully saturated rings. The zero-order valence-electron chi connectivity index (χ0n) is 15.9. The third kappa shape index (κ3) is 4.20. The van der Waals surface area contributed by atoms with Crippen LogP contribution >= 0.6 is 11.5 Å². The molecule has 2 aromatic carbocycles. The number of hydrogen-bond donors (Lipinski definition) is 1. The molecule has 1 N–H and O–H groups in total. The molecular weight excluding hydrogens is 440 g/mol. The second-order valence-corrected chi connectivity index (χ2v) is 8.53. The molecule has 0 spiro atoms. The number of benzene rings is 2. The summed E-state index contributed by atoms with van der Waals surface area (Å²) in [4.78, 5) is 3.02. The smallest absolute Gasteiger partial charge is 0.269 e. The van der Waals surface area contributed by atoms with Crippen LogP contribution in [0.2, 0.25) is 0 Å². The lowest BCUT2D eigenvalue weighted by atomic mass is 10.2. The molecule has 3 aromatic rings. The van der Waals surface area contributed by atoms with Gasteiger partial charge in [0.05, 0.1) is 27.4 Å². The number of aliphatic hydroxyl groups is 1. The van der Waals surface area contributed by atoms with Gasteiger partial charge in [0.15, 0.2) is 0 Å². The van der Waals surface area contributed by atoms with Crippen molar-refractivity contribution in [3.05, 3.63) is 59.4 Å². The van der Waals surface area contributed by atoms with Crippen molar-refractivity contribution in [2.45, 2.75) is 18.0 Å². The third-order valence-corrected chi connectivity index (χ3v) is 6.77. The average Bonchev–Trinajstić information content (AvgIpc) is 3.27. The maximum absolute atomic E-state index is 14.5. The van der Waals surface area contributed by atoms with Crippen molar-refractivity contribution < 1.29 is 31.8 Å². The summed E-state index contributed by atoms with van der Waals surface area (Å²) in [5.41, 5.74) is 0.0793. The Balaban J connectivity index is 2.11. The van der Waals surface area contributed by atoms with E-state index in [-0.39, 0.29) is 17.2 Å². The second kappa shape index (κ2) is 8.90. The van der Waals surface area contributed by atoms with Crippen LogP contribution in [0.1, 0.15) is 11.1 Å². The van der Waals surface area contributed by atoms with E-state index in [2.05, 4.69) is 9.36 Å². The van der Waals surface area contributed by atoms with Gasteiger partial charge in [-0.3, -0.25) is 0 Å². The minimum absolute atomic E-state index is 0.0427. The van der Waals surface area contributed by atoms with E-state index in [0.717, 1.165) is 22.2 Å². The minimum Gasteiger partial charge on any atom is -0.497 e. The zero-order valence-corrected chi connectivity index (χ0v) is 17.5. The van der Waals surface area contributed by atoms with Gasteiger partial charge in [-0.15, -0.1) is 0 Å². The average molecular weight is 457 g/mol. The second-order valence-electron chi connectivity index (χ2n) is 5.95. The number of methoxy groups -OCH3 is 2. The highest BCUT2D eigenvalue weighted by Gasteiger charge is 2.32. The Morgan fingerprint density at radius 3 is 2.47 bits per heavy atom. The van der Waals surface area contributed by atoms with Crippen molar-refractivity contribution in [1.82, 2.24) is 9.36 Å². The summed E-state index contributed by atoms with van der Waals surface area (Å²) >= 11 is 0.775. The standard InChI is InChI=1S/C18H17F2N3O5S2/c1-27-13-4-3-11(16(6-13)28-2)8-23(18-21-10-22-29-18)30(25,26)17-7-14(19)12(9-24)5-15(17)20/h3-7,10,24H,8-9H2,1-2H3. The van der Waals surface area contributed by atoms with Gasteiger partial charge in [0.2, 0.25) is 5.13 Å². The molecule has 1 heterocycles. The number of sulfonamides is 1. The van der Waals surface area contributed by atoms with E-state index in [0.29, 0.717) is 29.2 Å². The molecule has 0 aliphatic rings. The van der Waals surface area contributed by atoms with Crippen LogP contribution in [0.25, 0.3) is 0 Å². The Morgan fingerprint density at radius 1 is 1.10 bits per heavy atom. The van der Waals surface area contributed by atoms with Crippen LogP contribution in [0.4, 0.5) is 13.9 Å². The van der Waals surface area contributed by atoms with Gasteiger partial charge in [0.25, 0.3) is 10.0 Å². The van der Waals surface area contributed by atoms with Crippen molar-refractivity contribution in [1.29, 1.82) is 0 Å². The van der Waals surface area contributed by atoms with Gasteiger partial charge in [0, 0.05) is 28.7 Å². The summed E-state index contributed by atoms with van der Waals surface area (Å²) in [6, 6.07) is 5.95. The first-order valence-electron chi connectivity index (χ1n) is 8.41. The first-order chi connectivity index (χ1) is 14.3. The molecule has 0 aliphatic carbocycles. The summed E-state index contributed by atoms with van der Waals surface area (Å²) < 4.78 is 70.2. The molecule has 8 nitrogen and oxygen atoms in total. The van der Waals surface area contributed by atoms with Crippen LogP contribution in [-0.2, 0) is 23.2 Å². The van der Waals surface area contributed by atoms with Gasteiger partial charge in [0.1, 0.15) is 34.4 Å². The van der Waals surface area contributed by atoms with E-state index in [4.69, 9.17) is 14.6 Å². The van der Waals surface area contributed by atoms with Gasteiger partial charge in [-0.2, -0.15) is 4.37 Å². The summed E-state index contributed by atoms with van der Waals surface area (Å²) in [6.07, 6.45) is 1.15. The molecule has 0 radical (unpaired) electrons. The maximum atomic E-state index is 14.5. The molecule has 3 rings (SSSR count). The van der Waals surface area contributed by atoms with Crippen LogP contribution in [-0.4, -0.2) is 37.1 Å². The Morgan fingerprint density at radius 2 is 1.87 bits per heavy atom. The van der Waals surface area contributed by atoms with E-state index in [1.54, 1.807) is 18.2 Å². The van der Waals surface area contributed by atoms with Crippen molar-refractivity contribution >= 4 is 26.7 Å². The predicted octanol–water partition coefficient (Wildman–Crippen LogP) is 2.72. The molecule has 0 saturated carbocycles. The third-order valence-electron chi connectivity index (χ3n) is 4.21. The fraction of sp³-hybridized carbons (Fsp3) is 0.222. The van der Waals surface area contributed by atoms with E-state index >= 15 is 0 Å². The number of rotatable bonds is 8. The lowest BCUT2D eigenvalue weighted by Crippen LogP contribution is -2.31. The molecule has 0 saturated heterocycles. The van der Waals surface area contributed by atoms with Gasteiger partial charge < -0.3 is 14.6 Å². The minimum atomic E-state index is -4.58. The van der Waals surface area contributed by atoms with Crippen LogP contribution in [0.5, 0.6) is 11.5 Å². The number of hydrogen-bond acceptors (Lipinski definition) is 8. The Kier molecular flexibility index (Phi) is 6.48. The zero-order chi connectivity index (χ0) is 21.9. The summed E-state index contributed by atoms with van der Waals surface area (Å²) in [6.45, 7) is -1.06. The molecule has 160 valence electrons. The Hall–Kier alpha value is -2.83. The Labute approximate surface area is 175 Å². The molecule has 0 amide bonds. The topological polar surface area (TPSA) is 102 Å². The monoisotopic (exact) mass is 457 g/mol. The highest BCUT2D eigenvalue weighted by molar-refractivity contribution is 7.93. The molecule has 0 atom stereocenters. The summed E-state index contributed by atoms with van der Waals surface area (Å²) in [7, 11) is -1.70. The summed E-state index contributed by atoms with van der Waals surface area (Å²) in [5, 5.41) is 9.04. The van der Waals surface area contributed by atoms with Gasteiger partial charge in [-0.05, 0) is 24.3 Å². The molecule has 1 aromatic heterocycles.